The number of anilines is 1. The SMILES string of the molecule is COc1ccc2cc([C@H](C)C(=O)N(C)Cc3ccc(N4CCOCC4)cc3)ccc2c1. The summed E-state index contributed by atoms with van der Waals surface area (Å²) in [6.07, 6.45) is 0. The van der Waals surface area contributed by atoms with Gasteiger partial charge in [-0.15, -0.1) is 0 Å². The smallest absolute Gasteiger partial charge is 0.229 e. The second kappa shape index (κ2) is 9.40. The minimum atomic E-state index is -0.205. The molecule has 1 heterocycles. The molecule has 1 fully saturated rings. The quantitative estimate of drug-likeness (QED) is 0.593. The van der Waals surface area contributed by atoms with E-state index < -0.39 is 0 Å². The third-order valence-electron chi connectivity index (χ3n) is 6.05. The first kappa shape index (κ1) is 21.2. The van der Waals surface area contributed by atoms with Crippen molar-refractivity contribution in [3.8, 4) is 5.75 Å². The monoisotopic (exact) mass is 418 g/mol. The highest BCUT2D eigenvalue weighted by atomic mass is 16.5. The van der Waals surface area contributed by atoms with E-state index in [0.29, 0.717) is 6.54 Å². The standard InChI is InChI=1S/C26H30N2O3/c1-19(21-6-7-23-17-25(30-3)11-8-22(23)16-21)26(29)27(2)18-20-4-9-24(10-5-20)28-12-14-31-15-13-28/h4-11,16-17,19H,12-15,18H2,1-3H3/t19-/m0/s1. The number of carbonyl (C=O) groups is 1. The molecule has 0 unspecified atom stereocenters. The summed E-state index contributed by atoms with van der Waals surface area (Å²) in [7, 11) is 3.54. The van der Waals surface area contributed by atoms with Gasteiger partial charge in [-0.1, -0.05) is 36.4 Å². The zero-order chi connectivity index (χ0) is 21.8. The summed E-state index contributed by atoms with van der Waals surface area (Å²) >= 11 is 0. The Labute approximate surface area is 184 Å². The third-order valence-corrected chi connectivity index (χ3v) is 6.05. The van der Waals surface area contributed by atoms with Crippen LogP contribution in [0.1, 0.15) is 24.0 Å². The largest absolute Gasteiger partial charge is 0.497 e. The number of hydrogen-bond donors (Lipinski definition) is 0. The summed E-state index contributed by atoms with van der Waals surface area (Å²) in [5.74, 6) is 0.748. The van der Waals surface area contributed by atoms with Gasteiger partial charge in [0, 0.05) is 32.4 Å². The van der Waals surface area contributed by atoms with Gasteiger partial charge in [-0.25, -0.2) is 0 Å². The first-order valence-electron chi connectivity index (χ1n) is 10.8. The molecule has 5 nitrogen and oxygen atoms in total. The van der Waals surface area contributed by atoms with Gasteiger partial charge in [0.05, 0.1) is 26.2 Å². The average molecular weight is 419 g/mol. The van der Waals surface area contributed by atoms with Gasteiger partial charge >= 0.3 is 0 Å². The van der Waals surface area contributed by atoms with Crippen LogP contribution < -0.4 is 9.64 Å². The number of morpholine rings is 1. The molecule has 31 heavy (non-hydrogen) atoms. The van der Waals surface area contributed by atoms with Crippen LogP contribution in [-0.4, -0.2) is 51.3 Å². The lowest BCUT2D eigenvalue weighted by Gasteiger charge is -2.29. The minimum Gasteiger partial charge on any atom is -0.497 e. The predicted molar refractivity (Wildman–Crippen MR) is 125 cm³/mol. The number of carbonyl (C=O) groups excluding carboxylic acids is 1. The zero-order valence-electron chi connectivity index (χ0n) is 18.5. The molecular formula is C26H30N2O3. The Bertz CT molecular complexity index is 1040. The Morgan fingerprint density at radius 3 is 2.42 bits per heavy atom. The van der Waals surface area contributed by atoms with Gasteiger partial charge in [-0.2, -0.15) is 0 Å². The number of fused-ring (bicyclic) bond motifs is 1. The summed E-state index contributed by atoms with van der Waals surface area (Å²) in [6.45, 7) is 5.97. The van der Waals surface area contributed by atoms with Gasteiger partial charge in [0.15, 0.2) is 0 Å². The highest BCUT2D eigenvalue weighted by Gasteiger charge is 2.20. The van der Waals surface area contributed by atoms with Gasteiger partial charge in [-0.3, -0.25) is 4.79 Å². The van der Waals surface area contributed by atoms with Crippen molar-refractivity contribution in [2.75, 3.05) is 45.4 Å². The average Bonchev–Trinajstić information content (AvgIpc) is 2.83. The zero-order valence-corrected chi connectivity index (χ0v) is 18.5. The van der Waals surface area contributed by atoms with Crippen LogP contribution in [0.2, 0.25) is 0 Å². The Morgan fingerprint density at radius 2 is 1.71 bits per heavy atom. The van der Waals surface area contributed by atoms with Gasteiger partial charge in [-0.05, 0) is 53.1 Å². The fourth-order valence-corrected chi connectivity index (χ4v) is 4.10. The van der Waals surface area contributed by atoms with Crippen molar-refractivity contribution in [3.05, 3.63) is 71.8 Å². The van der Waals surface area contributed by atoms with Crippen molar-refractivity contribution in [3.63, 3.8) is 0 Å². The number of nitrogens with zero attached hydrogens (tertiary/aromatic N) is 2. The van der Waals surface area contributed by atoms with Crippen LogP contribution >= 0.6 is 0 Å². The lowest BCUT2D eigenvalue weighted by atomic mass is 9.96. The van der Waals surface area contributed by atoms with Gasteiger partial charge in [0.1, 0.15) is 5.75 Å². The van der Waals surface area contributed by atoms with E-state index in [2.05, 4.69) is 41.3 Å². The second-order valence-corrected chi connectivity index (χ2v) is 8.15. The fourth-order valence-electron chi connectivity index (χ4n) is 4.10. The number of benzene rings is 3. The van der Waals surface area contributed by atoms with Crippen molar-refractivity contribution < 1.29 is 14.3 Å². The molecule has 1 amide bonds. The van der Waals surface area contributed by atoms with E-state index in [4.69, 9.17) is 9.47 Å². The summed E-state index contributed by atoms with van der Waals surface area (Å²) < 4.78 is 10.7. The topological polar surface area (TPSA) is 42.0 Å². The van der Waals surface area contributed by atoms with Crippen LogP contribution in [-0.2, 0) is 16.1 Å². The van der Waals surface area contributed by atoms with Crippen molar-refractivity contribution in [1.82, 2.24) is 4.90 Å². The van der Waals surface area contributed by atoms with Crippen LogP contribution in [0.25, 0.3) is 10.8 Å². The predicted octanol–water partition coefficient (Wildman–Crippen LogP) is 4.45. The molecule has 0 bridgehead atoms. The van der Waals surface area contributed by atoms with Crippen molar-refractivity contribution >= 4 is 22.4 Å². The van der Waals surface area contributed by atoms with Crippen molar-refractivity contribution in [2.45, 2.75) is 19.4 Å². The van der Waals surface area contributed by atoms with E-state index in [1.165, 1.54) is 5.69 Å². The molecule has 0 spiro atoms. The Morgan fingerprint density at radius 1 is 1.03 bits per heavy atom. The Balaban J connectivity index is 1.41. The highest BCUT2D eigenvalue weighted by Crippen LogP contribution is 2.26. The molecule has 1 saturated heterocycles. The molecule has 1 aliphatic rings. The summed E-state index contributed by atoms with van der Waals surface area (Å²) in [4.78, 5) is 17.2. The van der Waals surface area contributed by atoms with Crippen LogP contribution in [0.3, 0.4) is 0 Å². The summed E-state index contributed by atoms with van der Waals surface area (Å²) in [5, 5.41) is 2.22. The fraction of sp³-hybridized carbons (Fsp3) is 0.346. The maximum atomic E-state index is 13.1. The number of hydrogen-bond acceptors (Lipinski definition) is 4. The molecule has 162 valence electrons. The lowest BCUT2D eigenvalue weighted by Crippen LogP contribution is -2.36. The molecule has 0 aromatic heterocycles. The Kier molecular flexibility index (Phi) is 6.42. The van der Waals surface area contributed by atoms with Crippen LogP contribution in [0.15, 0.2) is 60.7 Å². The van der Waals surface area contributed by atoms with E-state index in [1.54, 1.807) is 7.11 Å². The van der Waals surface area contributed by atoms with E-state index in [-0.39, 0.29) is 11.8 Å². The molecular weight excluding hydrogens is 388 g/mol. The minimum absolute atomic E-state index is 0.116. The second-order valence-electron chi connectivity index (χ2n) is 8.15. The summed E-state index contributed by atoms with van der Waals surface area (Å²) in [5.41, 5.74) is 3.37. The van der Waals surface area contributed by atoms with Crippen molar-refractivity contribution in [1.29, 1.82) is 0 Å². The van der Waals surface area contributed by atoms with Crippen LogP contribution in [0.4, 0.5) is 5.69 Å². The Hall–Kier alpha value is -3.05. The van der Waals surface area contributed by atoms with E-state index >= 15 is 0 Å². The van der Waals surface area contributed by atoms with E-state index in [1.807, 2.05) is 43.1 Å². The molecule has 0 radical (unpaired) electrons. The molecule has 0 aliphatic carbocycles. The molecule has 5 heteroatoms. The third kappa shape index (κ3) is 4.83. The molecule has 0 N–H and O–H groups in total. The maximum absolute atomic E-state index is 13.1. The van der Waals surface area contributed by atoms with Crippen LogP contribution in [0.5, 0.6) is 5.75 Å². The first-order valence-corrected chi connectivity index (χ1v) is 10.8. The van der Waals surface area contributed by atoms with Gasteiger partial charge in [0.2, 0.25) is 5.91 Å². The molecule has 0 saturated carbocycles. The number of rotatable bonds is 6. The van der Waals surface area contributed by atoms with Gasteiger partial charge in [0.25, 0.3) is 0 Å². The van der Waals surface area contributed by atoms with E-state index in [0.717, 1.165) is 54.0 Å². The molecule has 1 aliphatic heterocycles. The lowest BCUT2D eigenvalue weighted by molar-refractivity contribution is -0.131. The molecule has 3 aromatic rings. The number of methoxy groups -OCH3 is 1. The van der Waals surface area contributed by atoms with Gasteiger partial charge < -0.3 is 19.3 Å². The van der Waals surface area contributed by atoms with E-state index in [9.17, 15) is 4.79 Å². The number of ether oxygens (including phenoxy) is 2. The molecule has 1 atom stereocenters. The first-order chi connectivity index (χ1) is 15.0. The maximum Gasteiger partial charge on any atom is 0.229 e. The molecule has 4 rings (SSSR count). The van der Waals surface area contributed by atoms with Crippen LogP contribution in [0, 0.1) is 0 Å². The summed E-state index contributed by atoms with van der Waals surface area (Å²) in [6, 6.07) is 20.7. The van der Waals surface area contributed by atoms with Crippen molar-refractivity contribution in [2.24, 2.45) is 0 Å². The normalized spacial score (nSPS) is 15.0. The number of amides is 1. The highest BCUT2D eigenvalue weighted by molar-refractivity contribution is 5.88. The number of likely N-dealkylation sites (N-methyl/N-ethyl adjacent to an activating group) is 1. The molecule has 3 aromatic carbocycles.